The van der Waals surface area contributed by atoms with E-state index >= 15 is 0 Å². The first-order valence-electron chi connectivity index (χ1n) is 6.05. The molecule has 2 unspecified atom stereocenters. The highest BCUT2D eigenvalue weighted by atomic mass is 16.3. The lowest BCUT2D eigenvalue weighted by atomic mass is 9.85. The molecule has 2 heteroatoms. The molecule has 0 aromatic heterocycles. The molecule has 0 fully saturated rings. The van der Waals surface area contributed by atoms with Crippen molar-refractivity contribution >= 4 is 0 Å². The van der Waals surface area contributed by atoms with E-state index in [1.54, 1.807) is 0 Å². The summed E-state index contributed by atoms with van der Waals surface area (Å²) in [5.41, 5.74) is 8.62. The monoisotopic (exact) mass is 221 g/mol. The Hall–Kier alpha value is -0.860. The fourth-order valence-electron chi connectivity index (χ4n) is 1.96. The largest absolute Gasteiger partial charge is 0.396 e. The van der Waals surface area contributed by atoms with Gasteiger partial charge < -0.3 is 10.8 Å². The third-order valence-corrected chi connectivity index (χ3v) is 3.30. The summed E-state index contributed by atoms with van der Waals surface area (Å²) in [6.45, 7) is 6.48. The number of aryl methyl sites for hydroxylation is 1. The molecule has 0 radical (unpaired) electrons. The van der Waals surface area contributed by atoms with E-state index in [1.807, 2.05) is 0 Å². The van der Waals surface area contributed by atoms with Crippen LogP contribution in [-0.4, -0.2) is 11.7 Å². The lowest BCUT2D eigenvalue weighted by Crippen LogP contribution is -2.28. The van der Waals surface area contributed by atoms with Gasteiger partial charge in [0.25, 0.3) is 0 Å². The number of benzene rings is 1. The van der Waals surface area contributed by atoms with Crippen molar-refractivity contribution in [1.29, 1.82) is 0 Å². The summed E-state index contributed by atoms with van der Waals surface area (Å²) in [4.78, 5) is 0. The zero-order valence-electron chi connectivity index (χ0n) is 10.5. The molecule has 0 saturated carbocycles. The fourth-order valence-corrected chi connectivity index (χ4v) is 1.96. The van der Waals surface area contributed by atoms with Crippen LogP contribution in [0.15, 0.2) is 24.3 Å². The molecule has 1 aromatic rings. The van der Waals surface area contributed by atoms with E-state index in [2.05, 4.69) is 45.0 Å². The molecule has 90 valence electrons. The SMILES string of the molecule is CCc1ccc(C(N)C(CO)C(C)C)cc1. The highest BCUT2D eigenvalue weighted by Gasteiger charge is 2.21. The molecule has 0 aliphatic rings. The second kappa shape index (κ2) is 6.02. The van der Waals surface area contributed by atoms with Gasteiger partial charge in [0, 0.05) is 18.6 Å². The van der Waals surface area contributed by atoms with Crippen LogP contribution in [0.3, 0.4) is 0 Å². The molecule has 0 aliphatic carbocycles. The Morgan fingerprint density at radius 3 is 2.12 bits per heavy atom. The third-order valence-electron chi connectivity index (χ3n) is 3.30. The highest BCUT2D eigenvalue weighted by Crippen LogP contribution is 2.25. The minimum atomic E-state index is -0.0732. The lowest BCUT2D eigenvalue weighted by molar-refractivity contribution is 0.166. The Kier molecular flexibility index (Phi) is 4.97. The predicted molar refractivity (Wildman–Crippen MR) is 68.2 cm³/mol. The van der Waals surface area contributed by atoms with Gasteiger partial charge in [-0.25, -0.2) is 0 Å². The van der Waals surface area contributed by atoms with E-state index in [0.29, 0.717) is 5.92 Å². The number of rotatable bonds is 5. The molecule has 1 aromatic carbocycles. The molecule has 2 nitrogen and oxygen atoms in total. The first-order valence-corrected chi connectivity index (χ1v) is 6.05. The van der Waals surface area contributed by atoms with Gasteiger partial charge in [-0.3, -0.25) is 0 Å². The highest BCUT2D eigenvalue weighted by molar-refractivity contribution is 5.25. The molecule has 0 heterocycles. The van der Waals surface area contributed by atoms with Gasteiger partial charge in [-0.2, -0.15) is 0 Å². The smallest absolute Gasteiger partial charge is 0.0479 e. The van der Waals surface area contributed by atoms with Crippen LogP contribution in [0.5, 0.6) is 0 Å². The summed E-state index contributed by atoms with van der Waals surface area (Å²) in [7, 11) is 0. The molecular formula is C14H23NO. The Labute approximate surface area is 98.5 Å². The van der Waals surface area contributed by atoms with Gasteiger partial charge in [-0.15, -0.1) is 0 Å². The van der Waals surface area contributed by atoms with Crippen molar-refractivity contribution in [2.45, 2.75) is 33.2 Å². The first kappa shape index (κ1) is 13.2. The zero-order valence-corrected chi connectivity index (χ0v) is 10.5. The quantitative estimate of drug-likeness (QED) is 0.802. The minimum absolute atomic E-state index is 0.0732. The summed E-state index contributed by atoms with van der Waals surface area (Å²) in [5.74, 6) is 0.526. The van der Waals surface area contributed by atoms with E-state index in [4.69, 9.17) is 5.73 Å². The Bertz CT molecular complexity index is 305. The minimum Gasteiger partial charge on any atom is -0.396 e. The molecule has 0 spiro atoms. The molecule has 0 saturated heterocycles. The predicted octanol–water partition coefficient (Wildman–Crippen LogP) is 2.51. The van der Waals surface area contributed by atoms with Crippen LogP contribution in [0.2, 0.25) is 0 Å². The van der Waals surface area contributed by atoms with Gasteiger partial charge in [0.15, 0.2) is 0 Å². The van der Waals surface area contributed by atoms with Crippen LogP contribution in [0.4, 0.5) is 0 Å². The average molecular weight is 221 g/mol. The second-order valence-corrected chi connectivity index (χ2v) is 4.71. The van der Waals surface area contributed by atoms with E-state index in [9.17, 15) is 5.11 Å². The third kappa shape index (κ3) is 3.06. The number of hydrogen-bond donors (Lipinski definition) is 2. The average Bonchev–Trinajstić information content (AvgIpc) is 2.29. The number of nitrogens with two attached hydrogens (primary N) is 1. The van der Waals surface area contributed by atoms with Gasteiger partial charge in [0.05, 0.1) is 0 Å². The van der Waals surface area contributed by atoms with Crippen LogP contribution in [-0.2, 0) is 6.42 Å². The topological polar surface area (TPSA) is 46.2 Å². The van der Waals surface area contributed by atoms with Crippen LogP contribution < -0.4 is 5.73 Å². The van der Waals surface area contributed by atoms with Crippen LogP contribution in [0, 0.1) is 11.8 Å². The van der Waals surface area contributed by atoms with Crippen molar-refractivity contribution in [3.63, 3.8) is 0 Å². The number of aliphatic hydroxyl groups is 1. The molecule has 0 aliphatic heterocycles. The van der Waals surface area contributed by atoms with Crippen LogP contribution in [0.1, 0.15) is 37.9 Å². The van der Waals surface area contributed by atoms with Crippen molar-refractivity contribution < 1.29 is 5.11 Å². The molecule has 0 amide bonds. The van der Waals surface area contributed by atoms with Crippen molar-refractivity contribution in [2.75, 3.05) is 6.61 Å². The standard InChI is InChI=1S/C14H23NO/c1-4-11-5-7-12(8-6-11)14(15)13(9-16)10(2)3/h5-8,10,13-14,16H,4,9,15H2,1-3H3. The van der Waals surface area contributed by atoms with Crippen LogP contribution >= 0.6 is 0 Å². The maximum atomic E-state index is 9.35. The Morgan fingerprint density at radius 1 is 1.19 bits per heavy atom. The van der Waals surface area contributed by atoms with Gasteiger partial charge in [-0.05, 0) is 23.5 Å². The molecule has 0 bridgehead atoms. The van der Waals surface area contributed by atoms with Crippen LogP contribution in [0.25, 0.3) is 0 Å². The zero-order chi connectivity index (χ0) is 12.1. The van der Waals surface area contributed by atoms with E-state index in [-0.39, 0.29) is 18.6 Å². The second-order valence-electron chi connectivity index (χ2n) is 4.71. The van der Waals surface area contributed by atoms with Crippen molar-refractivity contribution in [1.82, 2.24) is 0 Å². The van der Waals surface area contributed by atoms with Crippen molar-refractivity contribution in [3.8, 4) is 0 Å². The Balaban J connectivity index is 2.82. The summed E-state index contributed by atoms with van der Waals surface area (Å²) in [6, 6.07) is 8.31. The summed E-state index contributed by atoms with van der Waals surface area (Å²) < 4.78 is 0. The van der Waals surface area contributed by atoms with Gasteiger partial charge in [0.2, 0.25) is 0 Å². The van der Waals surface area contributed by atoms with Crippen molar-refractivity contribution in [3.05, 3.63) is 35.4 Å². The Morgan fingerprint density at radius 2 is 1.75 bits per heavy atom. The number of hydrogen-bond acceptors (Lipinski definition) is 2. The summed E-state index contributed by atoms with van der Waals surface area (Å²) in [6.07, 6.45) is 1.04. The molecule has 2 atom stereocenters. The molecule has 16 heavy (non-hydrogen) atoms. The summed E-state index contributed by atoms with van der Waals surface area (Å²) in [5, 5.41) is 9.35. The maximum Gasteiger partial charge on any atom is 0.0479 e. The van der Waals surface area contributed by atoms with Gasteiger partial charge in [0.1, 0.15) is 0 Å². The van der Waals surface area contributed by atoms with E-state index in [0.717, 1.165) is 12.0 Å². The summed E-state index contributed by atoms with van der Waals surface area (Å²) >= 11 is 0. The maximum absolute atomic E-state index is 9.35. The lowest BCUT2D eigenvalue weighted by Gasteiger charge is -2.25. The molecule has 1 rings (SSSR count). The van der Waals surface area contributed by atoms with Gasteiger partial charge >= 0.3 is 0 Å². The van der Waals surface area contributed by atoms with Gasteiger partial charge in [-0.1, -0.05) is 45.0 Å². The number of aliphatic hydroxyl groups excluding tert-OH is 1. The van der Waals surface area contributed by atoms with E-state index < -0.39 is 0 Å². The molecule has 3 N–H and O–H groups in total. The normalized spacial score (nSPS) is 15.1. The molecular weight excluding hydrogens is 198 g/mol. The van der Waals surface area contributed by atoms with Crippen molar-refractivity contribution in [2.24, 2.45) is 17.6 Å². The van der Waals surface area contributed by atoms with E-state index in [1.165, 1.54) is 5.56 Å². The fraction of sp³-hybridized carbons (Fsp3) is 0.571. The first-order chi connectivity index (χ1) is 7.60.